The number of ether oxygens (including phenoxy) is 1. The zero-order chi connectivity index (χ0) is 17.8. The number of nitrogens with zero attached hydrogens (tertiary/aromatic N) is 1. The molecule has 130 valence electrons. The summed E-state index contributed by atoms with van der Waals surface area (Å²) in [6.45, 7) is 2.77. The van der Waals surface area contributed by atoms with E-state index in [0.717, 1.165) is 22.6 Å². The van der Waals surface area contributed by atoms with Gasteiger partial charge in [-0.3, -0.25) is 9.59 Å². The van der Waals surface area contributed by atoms with Crippen LogP contribution in [-0.2, 0) is 16.1 Å². The summed E-state index contributed by atoms with van der Waals surface area (Å²) in [5.41, 5.74) is 2.83. The van der Waals surface area contributed by atoms with Crippen molar-refractivity contribution in [2.24, 2.45) is 5.92 Å². The molecule has 0 spiro atoms. The molecule has 1 saturated heterocycles. The molecule has 1 aliphatic rings. The molecule has 2 aromatic rings. The molecule has 1 heterocycles. The maximum atomic E-state index is 12.5. The van der Waals surface area contributed by atoms with Gasteiger partial charge in [0.1, 0.15) is 5.75 Å². The van der Waals surface area contributed by atoms with Gasteiger partial charge in [0, 0.05) is 30.8 Å². The Morgan fingerprint density at radius 2 is 1.92 bits per heavy atom. The van der Waals surface area contributed by atoms with Crippen LogP contribution in [0.25, 0.3) is 0 Å². The number of benzene rings is 2. The molecular weight excluding hydrogens is 316 g/mol. The van der Waals surface area contributed by atoms with Crippen LogP contribution in [0.15, 0.2) is 48.5 Å². The van der Waals surface area contributed by atoms with Crippen LogP contribution in [-0.4, -0.2) is 25.5 Å². The fourth-order valence-electron chi connectivity index (χ4n) is 3.16. The molecular formula is C20H22N2O3. The van der Waals surface area contributed by atoms with Crippen LogP contribution in [0.5, 0.6) is 5.75 Å². The Bertz CT molecular complexity index is 788. The van der Waals surface area contributed by atoms with E-state index in [9.17, 15) is 9.59 Å². The second-order valence-electron chi connectivity index (χ2n) is 6.22. The first-order valence-corrected chi connectivity index (χ1v) is 8.35. The van der Waals surface area contributed by atoms with Crippen molar-refractivity contribution in [3.05, 3.63) is 59.7 Å². The zero-order valence-corrected chi connectivity index (χ0v) is 14.5. The van der Waals surface area contributed by atoms with Crippen LogP contribution in [0, 0.1) is 12.8 Å². The summed E-state index contributed by atoms with van der Waals surface area (Å²) in [5.74, 6) is 0.302. The summed E-state index contributed by atoms with van der Waals surface area (Å²) >= 11 is 0. The summed E-state index contributed by atoms with van der Waals surface area (Å²) in [4.78, 5) is 26.5. The third kappa shape index (κ3) is 3.65. The van der Waals surface area contributed by atoms with Gasteiger partial charge in [-0.2, -0.15) is 0 Å². The maximum Gasteiger partial charge on any atom is 0.227 e. The SMILES string of the molecule is COc1ccccc1CNC(=O)[C@@H]1CC(=O)N(c2ccccc2C)C1. The molecule has 0 bridgehead atoms. The number of rotatable bonds is 5. The molecule has 3 rings (SSSR count). The Hall–Kier alpha value is -2.82. The zero-order valence-electron chi connectivity index (χ0n) is 14.5. The quantitative estimate of drug-likeness (QED) is 0.912. The van der Waals surface area contributed by atoms with Crippen molar-refractivity contribution in [2.75, 3.05) is 18.6 Å². The lowest BCUT2D eigenvalue weighted by Gasteiger charge is -2.19. The number of methoxy groups -OCH3 is 1. The first-order valence-electron chi connectivity index (χ1n) is 8.35. The van der Waals surface area contributed by atoms with Crippen LogP contribution < -0.4 is 15.0 Å². The third-order valence-electron chi connectivity index (χ3n) is 4.55. The normalized spacial score (nSPS) is 16.8. The van der Waals surface area contributed by atoms with Crippen molar-refractivity contribution >= 4 is 17.5 Å². The number of anilines is 1. The molecule has 2 aromatic carbocycles. The number of aryl methyl sites for hydroxylation is 1. The highest BCUT2D eigenvalue weighted by Gasteiger charge is 2.35. The Kier molecular flexibility index (Phi) is 5.03. The molecule has 1 N–H and O–H groups in total. The van der Waals surface area contributed by atoms with E-state index in [2.05, 4.69) is 5.32 Å². The second kappa shape index (κ2) is 7.38. The molecule has 0 unspecified atom stereocenters. The van der Waals surface area contributed by atoms with Gasteiger partial charge < -0.3 is 15.0 Å². The summed E-state index contributed by atoms with van der Waals surface area (Å²) in [6.07, 6.45) is 0.242. The Morgan fingerprint density at radius 3 is 2.68 bits per heavy atom. The van der Waals surface area contributed by atoms with Crippen LogP contribution >= 0.6 is 0 Å². The monoisotopic (exact) mass is 338 g/mol. The minimum Gasteiger partial charge on any atom is -0.496 e. The van der Waals surface area contributed by atoms with Crippen molar-refractivity contribution in [3.63, 3.8) is 0 Å². The summed E-state index contributed by atoms with van der Waals surface area (Å²) in [5, 5.41) is 2.92. The lowest BCUT2D eigenvalue weighted by atomic mass is 10.1. The van der Waals surface area contributed by atoms with Crippen molar-refractivity contribution < 1.29 is 14.3 Å². The number of para-hydroxylation sites is 2. The molecule has 25 heavy (non-hydrogen) atoms. The topological polar surface area (TPSA) is 58.6 Å². The van der Waals surface area contributed by atoms with Gasteiger partial charge in [0.05, 0.1) is 13.0 Å². The summed E-state index contributed by atoms with van der Waals surface area (Å²) < 4.78 is 5.29. The molecule has 0 saturated carbocycles. The van der Waals surface area contributed by atoms with E-state index in [0.29, 0.717) is 13.1 Å². The van der Waals surface area contributed by atoms with Gasteiger partial charge in [-0.1, -0.05) is 36.4 Å². The van der Waals surface area contributed by atoms with Gasteiger partial charge in [-0.05, 0) is 24.6 Å². The maximum absolute atomic E-state index is 12.5. The van der Waals surface area contributed by atoms with Gasteiger partial charge in [0.25, 0.3) is 0 Å². The molecule has 0 aliphatic carbocycles. The molecule has 0 aromatic heterocycles. The van der Waals surface area contributed by atoms with E-state index in [1.165, 1.54) is 0 Å². The van der Waals surface area contributed by atoms with Crippen molar-refractivity contribution in [1.29, 1.82) is 0 Å². The number of carbonyl (C=O) groups is 2. The largest absolute Gasteiger partial charge is 0.496 e. The second-order valence-corrected chi connectivity index (χ2v) is 6.22. The fourth-order valence-corrected chi connectivity index (χ4v) is 3.16. The van der Waals surface area contributed by atoms with Crippen LogP contribution in [0.3, 0.4) is 0 Å². The number of amides is 2. The summed E-state index contributed by atoms with van der Waals surface area (Å²) in [7, 11) is 1.61. The first kappa shape index (κ1) is 17.0. The predicted molar refractivity (Wildman–Crippen MR) is 96.5 cm³/mol. The molecule has 0 radical (unpaired) electrons. The van der Waals surface area contributed by atoms with E-state index in [4.69, 9.17) is 4.74 Å². The van der Waals surface area contributed by atoms with Gasteiger partial charge >= 0.3 is 0 Å². The van der Waals surface area contributed by atoms with Crippen LogP contribution in [0.1, 0.15) is 17.5 Å². The highest BCUT2D eigenvalue weighted by atomic mass is 16.5. The third-order valence-corrected chi connectivity index (χ3v) is 4.55. The van der Waals surface area contributed by atoms with Gasteiger partial charge in [0.15, 0.2) is 0 Å². The molecule has 1 fully saturated rings. The summed E-state index contributed by atoms with van der Waals surface area (Å²) in [6, 6.07) is 15.3. The highest BCUT2D eigenvalue weighted by Crippen LogP contribution is 2.28. The average Bonchev–Trinajstić information content (AvgIpc) is 3.02. The van der Waals surface area contributed by atoms with Crippen molar-refractivity contribution in [3.8, 4) is 5.75 Å². The molecule has 5 heteroatoms. The van der Waals surface area contributed by atoms with Gasteiger partial charge in [-0.15, -0.1) is 0 Å². The van der Waals surface area contributed by atoms with Gasteiger partial charge in [-0.25, -0.2) is 0 Å². The lowest BCUT2D eigenvalue weighted by Crippen LogP contribution is -2.32. The molecule has 2 amide bonds. The van der Waals surface area contributed by atoms with Crippen LogP contribution in [0.2, 0.25) is 0 Å². The minimum absolute atomic E-state index is 0.00765. The lowest BCUT2D eigenvalue weighted by molar-refractivity contribution is -0.126. The first-order chi connectivity index (χ1) is 12.1. The van der Waals surface area contributed by atoms with E-state index >= 15 is 0 Å². The molecule has 1 aliphatic heterocycles. The van der Waals surface area contributed by atoms with E-state index < -0.39 is 0 Å². The van der Waals surface area contributed by atoms with Gasteiger partial charge in [0.2, 0.25) is 11.8 Å². The van der Waals surface area contributed by atoms with Crippen LogP contribution in [0.4, 0.5) is 5.69 Å². The fraction of sp³-hybridized carbons (Fsp3) is 0.300. The smallest absolute Gasteiger partial charge is 0.227 e. The molecule has 5 nitrogen and oxygen atoms in total. The number of hydrogen-bond acceptors (Lipinski definition) is 3. The Labute approximate surface area is 147 Å². The number of nitrogens with one attached hydrogen (secondary N) is 1. The predicted octanol–water partition coefficient (Wildman–Crippen LogP) is 2.67. The Morgan fingerprint density at radius 1 is 1.20 bits per heavy atom. The molecule has 1 atom stereocenters. The average molecular weight is 338 g/mol. The minimum atomic E-state index is -0.332. The van der Waals surface area contributed by atoms with Crippen molar-refractivity contribution in [2.45, 2.75) is 19.9 Å². The van der Waals surface area contributed by atoms with E-state index in [-0.39, 0.29) is 24.2 Å². The van der Waals surface area contributed by atoms with E-state index in [1.807, 2.05) is 55.5 Å². The highest BCUT2D eigenvalue weighted by molar-refractivity contribution is 6.00. The number of hydrogen-bond donors (Lipinski definition) is 1. The number of carbonyl (C=O) groups excluding carboxylic acids is 2. The standard InChI is InChI=1S/C20H22N2O3/c1-14-7-3-5-9-17(14)22-13-16(11-19(22)23)20(24)21-12-15-8-4-6-10-18(15)25-2/h3-10,16H,11-13H2,1-2H3,(H,21,24)/t16-/m1/s1. The Balaban J connectivity index is 1.64. The van der Waals surface area contributed by atoms with Crippen molar-refractivity contribution in [1.82, 2.24) is 5.32 Å². The van der Waals surface area contributed by atoms with E-state index in [1.54, 1.807) is 12.0 Å².